The Morgan fingerprint density at radius 2 is 2.00 bits per heavy atom. The third kappa shape index (κ3) is 2.58. The first-order valence-electron chi connectivity index (χ1n) is 8.66. The van der Waals surface area contributed by atoms with E-state index in [-0.39, 0.29) is 0 Å². The van der Waals surface area contributed by atoms with Gasteiger partial charge in [0.2, 0.25) is 0 Å². The summed E-state index contributed by atoms with van der Waals surface area (Å²) in [5, 5.41) is 0. The second kappa shape index (κ2) is 5.88. The number of aryl methyl sites for hydroxylation is 1. The van der Waals surface area contributed by atoms with Gasteiger partial charge in [-0.1, -0.05) is 31.4 Å². The average Bonchev–Trinajstić information content (AvgIpc) is 2.96. The van der Waals surface area contributed by atoms with E-state index in [9.17, 15) is 0 Å². The lowest BCUT2D eigenvalue weighted by atomic mass is 9.92. The molecule has 3 nitrogen and oxygen atoms in total. The molecule has 2 heterocycles. The fourth-order valence-corrected chi connectivity index (χ4v) is 4.05. The first kappa shape index (κ1) is 14.0. The van der Waals surface area contributed by atoms with E-state index in [0.29, 0.717) is 0 Å². The van der Waals surface area contributed by atoms with Crippen LogP contribution in [0.1, 0.15) is 44.1 Å². The van der Waals surface area contributed by atoms with Crippen LogP contribution in [0.2, 0.25) is 0 Å². The van der Waals surface area contributed by atoms with Gasteiger partial charge in [-0.2, -0.15) is 0 Å². The van der Waals surface area contributed by atoms with Crippen molar-refractivity contribution < 1.29 is 0 Å². The maximum Gasteiger partial charge on any atom is 0.0955 e. The normalized spacial score (nSPS) is 21.2. The van der Waals surface area contributed by atoms with Gasteiger partial charge in [-0.05, 0) is 42.5 Å². The number of hydrogen-bond acceptors (Lipinski definition) is 2. The minimum atomic E-state index is 0.839. The summed E-state index contributed by atoms with van der Waals surface area (Å²) in [6.45, 7) is 2.35. The Bertz CT molecular complexity index is 692. The zero-order valence-electron chi connectivity index (χ0n) is 13.5. The number of rotatable bonds is 2. The fourth-order valence-electron chi connectivity index (χ4n) is 4.05. The van der Waals surface area contributed by atoms with E-state index in [1.807, 2.05) is 6.33 Å². The van der Waals surface area contributed by atoms with Gasteiger partial charge in [0.25, 0.3) is 0 Å². The third-order valence-electron chi connectivity index (χ3n) is 5.43. The predicted octanol–water partition coefficient (Wildman–Crippen LogP) is 4.00. The van der Waals surface area contributed by atoms with Crippen molar-refractivity contribution in [3.8, 4) is 0 Å². The van der Waals surface area contributed by atoms with Crippen molar-refractivity contribution >= 4 is 16.6 Å². The van der Waals surface area contributed by atoms with Crippen LogP contribution in [-0.4, -0.2) is 33.6 Å². The zero-order valence-corrected chi connectivity index (χ0v) is 13.5. The SMILES string of the molecule is Cn1cnc2ccc(C3=CCN(C4CCCCC4)CC3)cc21. The highest BCUT2D eigenvalue weighted by Crippen LogP contribution is 2.29. The first-order chi connectivity index (χ1) is 10.8. The van der Waals surface area contributed by atoms with Crippen molar-refractivity contribution in [3.63, 3.8) is 0 Å². The molecule has 1 aromatic heterocycles. The predicted molar refractivity (Wildman–Crippen MR) is 91.8 cm³/mol. The lowest BCUT2D eigenvalue weighted by Gasteiger charge is -2.36. The summed E-state index contributed by atoms with van der Waals surface area (Å²) in [5.74, 6) is 0. The van der Waals surface area contributed by atoms with Crippen molar-refractivity contribution in [2.75, 3.05) is 13.1 Å². The molecule has 0 saturated heterocycles. The van der Waals surface area contributed by atoms with Crippen LogP contribution in [0, 0.1) is 0 Å². The summed E-state index contributed by atoms with van der Waals surface area (Å²) in [6.07, 6.45) is 12.6. The molecular weight excluding hydrogens is 270 g/mol. The maximum absolute atomic E-state index is 4.41. The number of benzene rings is 1. The van der Waals surface area contributed by atoms with Crippen molar-refractivity contribution in [2.45, 2.75) is 44.6 Å². The minimum absolute atomic E-state index is 0.839. The van der Waals surface area contributed by atoms with Gasteiger partial charge in [0.1, 0.15) is 0 Å². The standard InChI is InChI=1S/C19H25N3/c1-21-14-20-18-8-7-16(13-19(18)21)15-9-11-22(12-10-15)17-5-3-2-4-6-17/h7-9,13-14,17H,2-6,10-12H2,1H3. The summed E-state index contributed by atoms with van der Waals surface area (Å²) in [7, 11) is 2.07. The van der Waals surface area contributed by atoms with Crippen molar-refractivity contribution in [1.29, 1.82) is 0 Å². The lowest BCUT2D eigenvalue weighted by Crippen LogP contribution is -2.39. The van der Waals surface area contributed by atoms with E-state index in [2.05, 4.69) is 45.8 Å². The number of hydrogen-bond donors (Lipinski definition) is 0. The molecule has 1 aromatic carbocycles. The van der Waals surface area contributed by atoms with Crippen molar-refractivity contribution in [3.05, 3.63) is 36.2 Å². The van der Waals surface area contributed by atoms with E-state index < -0.39 is 0 Å². The summed E-state index contributed by atoms with van der Waals surface area (Å²) in [5.41, 5.74) is 5.20. The summed E-state index contributed by atoms with van der Waals surface area (Å²) >= 11 is 0. The second-order valence-corrected chi connectivity index (χ2v) is 6.83. The largest absolute Gasteiger partial charge is 0.334 e. The van der Waals surface area contributed by atoms with Crippen molar-refractivity contribution in [2.24, 2.45) is 7.05 Å². The summed E-state index contributed by atoms with van der Waals surface area (Å²) in [6, 6.07) is 7.52. The fraction of sp³-hybridized carbons (Fsp3) is 0.526. The first-order valence-corrected chi connectivity index (χ1v) is 8.66. The Labute approximate surface area is 132 Å². The van der Waals surface area contributed by atoms with Crippen LogP contribution < -0.4 is 0 Å². The van der Waals surface area contributed by atoms with Crippen LogP contribution in [0.3, 0.4) is 0 Å². The molecule has 116 valence electrons. The van der Waals surface area contributed by atoms with Gasteiger partial charge >= 0.3 is 0 Å². The van der Waals surface area contributed by atoms with Gasteiger partial charge in [-0.25, -0.2) is 4.98 Å². The van der Waals surface area contributed by atoms with Crippen LogP contribution in [0.5, 0.6) is 0 Å². The van der Waals surface area contributed by atoms with E-state index in [1.165, 1.54) is 61.7 Å². The molecule has 2 aromatic rings. The molecule has 3 heteroatoms. The summed E-state index contributed by atoms with van der Waals surface area (Å²) < 4.78 is 2.11. The molecule has 0 spiro atoms. The van der Waals surface area contributed by atoms with Crippen LogP contribution in [0.15, 0.2) is 30.6 Å². The van der Waals surface area contributed by atoms with E-state index in [4.69, 9.17) is 0 Å². The Kier molecular flexibility index (Phi) is 3.75. The molecule has 0 radical (unpaired) electrons. The number of fused-ring (bicyclic) bond motifs is 1. The Morgan fingerprint density at radius 1 is 1.14 bits per heavy atom. The molecule has 1 aliphatic carbocycles. The molecule has 0 unspecified atom stereocenters. The molecule has 0 N–H and O–H groups in total. The highest BCUT2D eigenvalue weighted by molar-refractivity contribution is 5.81. The lowest BCUT2D eigenvalue weighted by molar-refractivity contribution is 0.171. The number of imidazole rings is 1. The second-order valence-electron chi connectivity index (χ2n) is 6.83. The van der Waals surface area contributed by atoms with Crippen LogP contribution in [0.4, 0.5) is 0 Å². The average molecular weight is 295 g/mol. The Morgan fingerprint density at radius 3 is 2.77 bits per heavy atom. The van der Waals surface area contributed by atoms with Crippen LogP contribution in [0.25, 0.3) is 16.6 Å². The van der Waals surface area contributed by atoms with Crippen molar-refractivity contribution in [1.82, 2.24) is 14.5 Å². The smallest absolute Gasteiger partial charge is 0.0955 e. The van der Waals surface area contributed by atoms with Gasteiger partial charge in [-0.3, -0.25) is 4.90 Å². The highest BCUT2D eigenvalue weighted by Gasteiger charge is 2.23. The topological polar surface area (TPSA) is 21.1 Å². The van der Waals surface area contributed by atoms with Gasteiger partial charge in [0.15, 0.2) is 0 Å². The molecule has 0 bridgehead atoms. The van der Waals surface area contributed by atoms with Gasteiger partial charge < -0.3 is 4.57 Å². The quantitative estimate of drug-likeness (QED) is 0.835. The molecule has 1 saturated carbocycles. The van der Waals surface area contributed by atoms with Gasteiger partial charge in [0.05, 0.1) is 17.4 Å². The Hall–Kier alpha value is -1.61. The molecule has 2 aliphatic rings. The molecule has 1 aliphatic heterocycles. The van der Waals surface area contributed by atoms with E-state index in [1.54, 1.807) is 0 Å². The zero-order chi connectivity index (χ0) is 14.9. The molecule has 1 fully saturated rings. The minimum Gasteiger partial charge on any atom is -0.334 e. The molecule has 0 amide bonds. The van der Waals surface area contributed by atoms with Gasteiger partial charge in [0, 0.05) is 26.2 Å². The third-order valence-corrected chi connectivity index (χ3v) is 5.43. The van der Waals surface area contributed by atoms with Crippen LogP contribution in [-0.2, 0) is 7.05 Å². The van der Waals surface area contributed by atoms with E-state index >= 15 is 0 Å². The summed E-state index contributed by atoms with van der Waals surface area (Å²) in [4.78, 5) is 7.11. The molecule has 0 atom stereocenters. The maximum atomic E-state index is 4.41. The number of nitrogens with zero attached hydrogens (tertiary/aromatic N) is 3. The molecular formula is C19H25N3. The van der Waals surface area contributed by atoms with E-state index in [0.717, 1.165) is 18.1 Å². The number of aromatic nitrogens is 2. The molecule has 4 rings (SSSR count). The molecule has 22 heavy (non-hydrogen) atoms. The van der Waals surface area contributed by atoms with Gasteiger partial charge in [-0.15, -0.1) is 0 Å². The highest BCUT2D eigenvalue weighted by atomic mass is 15.2. The van der Waals surface area contributed by atoms with Crippen LogP contribution >= 0.6 is 0 Å². The monoisotopic (exact) mass is 295 g/mol. The Balaban J connectivity index is 1.52.